The predicted molar refractivity (Wildman–Crippen MR) is 159 cm³/mol. The highest BCUT2D eigenvalue weighted by atomic mass is 19.1. The summed E-state index contributed by atoms with van der Waals surface area (Å²) in [4.78, 5) is 57.7. The number of rotatable bonds is 9. The lowest BCUT2D eigenvalue weighted by atomic mass is 10.0. The van der Waals surface area contributed by atoms with Crippen molar-refractivity contribution < 1.29 is 28.0 Å². The summed E-state index contributed by atoms with van der Waals surface area (Å²) in [6.07, 6.45) is 0. The van der Waals surface area contributed by atoms with E-state index in [9.17, 15) is 28.0 Å². The van der Waals surface area contributed by atoms with Crippen molar-refractivity contribution in [2.45, 2.75) is 12.6 Å². The van der Waals surface area contributed by atoms with Crippen LogP contribution in [0.3, 0.4) is 0 Å². The van der Waals surface area contributed by atoms with Crippen LogP contribution < -0.4 is 15.1 Å². The molecule has 0 fully saturated rings. The predicted octanol–water partition coefficient (Wildman–Crippen LogP) is 4.97. The zero-order valence-corrected chi connectivity index (χ0v) is 23.5. The van der Waals surface area contributed by atoms with Crippen LogP contribution in [0.15, 0.2) is 97.1 Å². The maximum atomic E-state index is 14.5. The molecular weight excluding hydrogens is 554 g/mol. The Labute approximate surface area is 247 Å². The number of para-hydroxylation sites is 1. The number of nitrogens with zero attached hydrogens (tertiary/aromatic N) is 3. The van der Waals surface area contributed by atoms with Crippen molar-refractivity contribution in [2.75, 3.05) is 35.8 Å². The molecule has 1 atom stereocenters. The number of hydrogen-bond acceptors (Lipinski definition) is 5. The van der Waals surface area contributed by atoms with Crippen LogP contribution in [-0.4, -0.2) is 49.0 Å². The van der Waals surface area contributed by atoms with E-state index in [4.69, 9.17) is 0 Å². The number of hydrogen-bond donors (Lipinski definition) is 1. The maximum absolute atomic E-state index is 14.5. The van der Waals surface area contributed by atoms with Gasteiger partial charge in [-0.25, -0.2) is 8.78 Å². The normalized spacial score (nSPS) is 13.0. The molecule has 0 saturated heterocycles. The Morgan fingerprint density at radius 2 is 1.53 bits per heavy atom. The van der Waals surface area contributed by atoms with Gasteiger partial charge in [-0.05, 0) is 71.8 Å². The van der Waals surface area contributed by atoms with E-state index < -0.39 is 47.7 Å². The summed E-state index contributed by atoms with van der Waals surface area (Å²) in [6, 6.07) is 22.7. The standard InChI is InChI=1S/C33H28F2N4O4/c1-37(2)26-16-14-25(15-17-26)36-32(42)30(22-6-5-7-24(35)18-22)39(19-21-10-12-23(34)13-11-21)29(40)20-38-28-9-4-3-8-27(28)31(41)33(38)43/h3-18,30H,19-20H2,1-2H3,(H,36,42). The molecule has 1 unspecified atom stereocenters. The third kappa shape index (κ3) is 6.28. The van der Waals surface area contributed by atoms with Gasteiger partial charge in [0.05, 0.1) is 11.3 Å². The van der Waals surface area contributed by atoms with Gasteiger partial charge in [0.1, 0.15) is 24.2 Å². The first-order valence-electron chi connectivity index (χ1n) is 13.4. The fraction of sp³-hybridized carbons (Fsp3) is 0.152. The minimum absolute atomic E-state index is 0.172. The summed E-state index contributed by atoms with van der Waals surface area (Å²) in [5.41, 5.74) is 2.47. The molecule has 5 rings (SSSR count). The Morgan fingerprint density at radius 1 is 0.837 bits per heavy atom. The van der Waals surface area contributed by atoms with Crippen LogP contribution in [-0.2, 0) is 20.9 Å². The van der Waals surface area contributed by atoms with Gasteiger partial charge in [-0.3, -0.25) is 24.1 Å². The molecule has 4 aromatic carbocycles. The Balaban J connectivity index is 1.54. The van der Waals surface area contributed by atoms with Crippen LogP contribution in [0.4, 0.5) is 25.8 Å². The second-order valence-corrected chi connectivity index (χ2v) is 10.3. The summed E-state index contributed by atoms with van der Waals surface area (Å²) in [6.45, 7) is -0.732. The van der Waals surface area contributed by atoms with Crippen LogP contribution >= 0.6 is 0 Å². The Kier molecular flexibility index (Phi) is 8.29. The lowest BCUT2D eigenvalue weighted by molar-refractivity contribution is -0.139. The Bertz CT molecular complexity index is 1690. The number of amides is 3. The number of carbonyl (C=O) groups is 4. The van der Waals surface area contributed by atoms with Gasteiger partial charge < -0.3 is 15.1 Å². The van der Waals surface area contributed by atoms with Gasteiger partial charge in [0.15, 0.2) is 0 Å². The number of Topliss-reactive ketones (excluding diaryl/α,β-unsaturated/α-hetero) is 1. The molecule has 0 saturated carbocycles. The van der Waals surface area contributed by atoms with E-state index in [1.807, 2.05) is 31.1 Å². The molecule has 1 N–H and O–H groups in total. The Morgan fingerprint density at radius 3 is 2.21 bits per heavy atom. The molecule has 10 heteroatoms. The van der Waals surface area contributed by atoms with E-state index in [2.05, 4.69) is 5.32 Å². The minimum atomic E-state index is -1.36. The number of nitrogens with one attached hydrogen (secondary N) is 1. The number of anilines is 3. The minimum Gasteiger partial charge on any atom is -0.378 e. The van der Waals surface area contributed by atoms with Crippen molar-refractivity contribution in [1.82, 2.24) is 4.90 Å². The molecule has 1 heterocycles. The summed E-state index contributed by atoms with van der Waals surface area (Å²) < 4.78 is 28.2. The summed E-state index contributed by atoms with van der Waals surface area (Å²) in [5, 5.41) is 2.81. The molecule has 1 aliphatic heterocycles. The average molecular weight is 583 g/mol. The van der Waals surface area contributed by atoms with Gasteiger partial charge in [-0.15, -0.1) is 0 Å². The van der Waals surface area contributed by atoms with Gasteiger partial charge in [0.25, 0.3) is 17.6 Å². The smallest absolute Gasteiger partial charge is 0.299 e. The second kappa shape index (κ2) is 12.2. The first-order valence-corrected chi connectivity index (χ1v) is 13.4. The highest BCUT2D eigenvalue weighted by molar-refractivity contribution is 6.52. The Hall–Kier alpha value is -5.38. The molecule has 218 valence electrons. The average Bonchev–Trinajstić information content (AvgIpc) is 3.23. The summed E-state index contributed by atoms with van der Waals surface area (Å²) >= 11 is 0. The van der Waals surface area contributed by atoms with E-state index in [0.717, 1.165) is 16.7 Å². The molecule has 0 radical (unpaired) electrons. The molecule has 0 bridgehead atoms. The van der Waals surface area contributed by atoms with E-state index in [1.165, 1.54) is 53.4 Å². The summed E-state index contributed by atoms with van der Waals surface area (Å²) in [5.74, 6) is -4.04. The van der Waals surface area contributed by atoms with Crippen molar-refractivity contribution in [3.05, 3.63) is 125 Å². The van der Waals surface area contributed by atoms with Crippen LogP contribution in [0.25, 0.3) is 0 Å². The van der Waals surface area contributed by atoms with Crippen LogP contribution in [0, 0.1) is 11.6 Å². The number of ketones is 1. The number of benzene rings is 4. The topological polar surface area (TPSA) is 90.0 Å². The molecule has 1 aliphatic rings. The van der Waals surface area contributed by atoms with E-state index in [1.54, 1.807) is 30.3 Å². The van der Waals surface area contributed by atoms with E-state index in [-0.39, 0.29) is 23.4 Å². The van der Waals surface area contributed by atoms with Crippen molar-refractivity contribution in [2.24, 2.45) is 0 Å². The third-order valence-corrected chi connectivity index (χ3v) is 7.13. The summed E-state index contributed by atoms with van der Waals surface area (Å²) in [7, 11) is 3.76. The quantitative estimate of drug-likeness (QED) is 0.282. The second-order valence-electron chi connectivity index (χ2n) is 10.3. The zero-order valence-electron chi connectivity index (χ0n) is 23.5. The molecule has 3 amide bonds. The van der Waals surface area contributed by atoms with Gasteiger partial charge in [0.2, 0.25) is 5.91 Å². The molecule has 4 aromatic rings. The zero-order chi connectivity index (χ0) is 30.7. The molecule has 0 aromatic heterocycles. The van der Waals surface area contributed by atoms with Crippen LogP contribution in [0.1, 0.15) is 27.5 Å². The molecule has 43 heavy (non-hydrogen) atoms. The maximum Gasteiger partial charge on any atom is 0.299 e. The lowest BCUT2D eigenvalue weighted by Gasteiger charge is -2.33. The molecular formula is C33H28F2N4O4. The number of carbonyl (C=O) groups excluding carboxylic acids is 4. The highest BCUT2D eigenvalue weighted by Gasteiger charge is 2.39. The first-order chi connectivity index (χ1) is 20.6. The lowest BCUT2D eigenvalue weighted by Crippen LogP contribution is -2.46. The number of halogens is 2. The van der Waals surface area contributed by atoms with Crippen molar-refractivity contribution >= 4 is 40.6 Å². The van der Waals surface area contributed by atoms with Gasteiger partial charge in [0, 0.05) is 32.0 Å². The largest absolute Gasteiger partial charge is 0.378 e. The van der Waals surface area contributed by atoms with Crippen molar-refractivity contribution in [3.8, 4) is 0 Å². The van der Waals surface area contributed by atoms with E-state index in [0.29, 0.717) is 11.3 Å². The SMILES string of the molecule is CN(C)c1ccc(NC(=O)C(c2cccc(F)c2)N(Cc2ccc(F)cc2)C(=O)CN2C(=O)C(=O)c3ccccc32)cc1. The van der Waals surface area contributed by atoms with Crippen molar-refractivity contribution in [1.29, 1.82) is 0 Å². The van der Waals surface area contributed by atoms with Crippen molar-refractivity contribution in [3.63, 3.8) is 0 Å². The fourth-order valence-corrected chi connectivity index (χ4v) is 4.94. The monoisotopic (exact) mass is 582 g/mol. The highest BCUT2D eigenvalue weighted by Crippen LogP contribution is 2.31. The molecule has 0 aliphatic carbocycles. The first kappa shape index (κ1) is 29.1. The van der Waals surface area contributed by atoms with Crippen LogP contribution in [0.2, 0.25) is 0 Å². The third-order valence-electron chi connectivity index (χ3n) is 7.13. The van der Waals surface area contributed by atoms with Gasteiger partial charge >= 0.3 is 0 Å². The fourth-order valence-electron chi connectivity index (χ4n) is 4.94. The van der Waals surface area contributed by atoms with E-state index >= 15 is 0 Å². The molecule has 0 spiro atoms. The van der Waals surface area contributed by atoms with Gasteiger partial charge in [-0.1, -0.05) is 36.4 Å². The van der Waals surface area contributed by atoms with Crippen LogP contribution in [0.5, 0.6) is 0 Å². The molecule has 8 nitrogen and oxygen atoms in total. The number of fused-ring (bicyclic) bond motifs is 1. The van der Waals surface area contributed by atoms with Gasteiger partial charge in [-0.2, -0.15) is 0 Å².